The van der Waals surface area contributed by atoms with Crippen LogP contribution in [0.4, 0.5) is 5.69 Å². The SMILES string of the molecule is CCc1cccc(-c2cnc(C(=O)C(C)C)c(NC(=O)CNCC3COC3)c2)c1. The van der Waals surface area contributed by atoms with Crippen LogP contribution in [0.15, 0.2) is 36.5 Å². The van der Waals surface area contributed by atoms with Crippen LogP contribution in [0.3, 0.4) is 0 Å². The van der Waals surface area contributed by atoms with Crippen LogP contribution >= 0.6 is 0 Å². The number of carbonyl (C=O) groups excluding carboxylic acids is 2. The van der Waals surface area contributed by atoms with Crippen LogP contribution in [0.2, 0.25) is 0 Å². The number of benzene rings is 1. The molecule has 3 rings (SSSR count). The van der Waals surface area contributed by atoms with E-state index in [9.17, 15) is 9.59 Å². The third-order valence-electron chi connectivity index (χ3n) is 5.01. The van der Waals surface area contributed by atoms with E-state index in [-0.39, 0.29) is 24.2 Å². The first-order valence-corrected chi connectivity index (χ1v) is 10.2. The molecule has 0 aliphatic carbocycles. The number of ether oxygens (including phenoxy) is 1. The van der Waals surface area contributed by atoms with Gasteiger partial charge < -0.3 is 15.4 Å². The first-order chi connectivity index (χ1) is 14.0. The summed E-state index contributed by atoms with van der Waals surface area (Å²) >= 11 is 0. The van der Waals surface area contributed by atoms with Gasteiger partial charge in [0, 0.05) is 30.1 Å². The molecular weight excluding hydrogens is 366 g/mol. The predicted octanol–water partition coefficient (Wildman–Crippen LogP) is 3.32. The van der Waals surface area contributed by atoms with Crippen molar-refractivity contribution in [1.29, 1.82) is 0 Å². The number of aryl methyl sites for hydroxylation is 1. The summed E-state index contributed by atoms with van der Waals surface area (Å²) in [4.78, 5) is 29.5. The minimum atomic E-state index is -0.204. The van der Waals surface area contributed by atoms with Crippen molar-refractivity contribution in [2.75, 3.05) is 31.6 Å². The van der Waals surface area contributed by atoms with Gasteiger partial charge >= 0.3 is 0 Å². The Morgan fingerprint density at radius 3 is 2.66 bits per heavy atom. The number of nitrogens with zero attached hydrogens (tertiary/aromatic N) is 1. The molecule has 1 aliphatic rings. The molecule has 1 fully saturated rings. The molecular formula is C23H29N3O3. The standard InChI is InChI=1S/C23H29N3O3/c1-4-16-6-5-7-18(8-16)19-9-20(22(25-11-19)23(28)15(2)3)26-21(27)12-24-10-17-13-29-14-17/h5-9,11,15,17,24H,4,10,12-14H2,1-3H3,(H,26,27). The number of amides is 1. The van der Waals surface area contributed by atoms with Crippen LogP contribution in [0, 0.1) is 11.8 Å². The molecule has 1 aromatic carbocycles. The number of nitrogens with one attached hydrogen (secondary N) is 2. The van der Waals surface area contributed by atoms with Gasteiger partial charge in [0.1, 0.15) is 5.69 Å². The highest BCUT2D eigenvalue weighted by atomic mass is 16.5. The van der Waals surface area contributed by atoms with Crippen LogP contribution in [-0.2, 0) is 16.0 Å². The highest BCUT2D eigenvalue weighted by Gasteiger charge is 2.20. The molecule has 0 unspecified atom stereocenters. The summed E-state index contributed by atoms with van der Waals surface area (Å²) in [6.07, 6.45) is 2.64. The van der Waals surface area contributed by atoms with Crippen LogP contribution in [0.5, 0.6) is 0 Å². The summed E-state index contributed by atoms with van der Waals surface area (Å²) in [5, 5.41) is 6.02. The Morgan fingerprint density at radius 2 is 2.00 bits per heavy atom. The van der Waals surface area contributed by atoms with Gasteiger partial charge in [-0.15, -0.1) is 0 Å². The van der Waals surface area contributed by atoms with Gasteiger partial charge in [-0.1, -0.05) is 45.0 Å². The third-order valence-corrected chi connectivity index (χ3v) is 5.01. The second-order valence-corrected chi connectivity index (χ2v) is 7.78. The summed E-state index contributed by atoms with van der Waals surface area (Å²) in [6.45, 7) is 8.17. The summed E-state index contributed by atoms with van der Waals surface area (Å²) in [5.74, 6) is -0.0149. The van der Waals surface area contributed by atoms with Gasteiger partial charge in [0.15, 0.2) is 5.78 Å². The molecule has 6 heteroatoms. The van der Waals surface area contributed by atoms with Gasteiger partial charge in [-0.3, -0.25) is 14.6 Å². The molecule has 2 aromatic rings. The van der Waals surface area contributed by atoms with Crippen molar-refractivity contribution in [1.82, 2.24) is 10.3 Å². The summed E-state index contributed by atoms with van der Waals surface area (Å²) in [5.41, 5.74) is 3.87. The van der Waals surface area contributed by atoms with Gasteiger partial charge in [0.2, 0.25) is 5.91 Å². The van der Waals surface area contributed by atoms with Gasteiger partial charge in [0.05, 0.1) is 25.4 Å². The van der Waals surface area contributed by atoms with Crippen molar-refractivity contribution in [3.63, 3.8) is 0 Å². The molecule has 0 radical (unpaired) electrons. The van der Waals surface area contributed by atoms with E-state index >= 15 is 0 Å². The van der Waals surface area contributed by atoms with E-state index in [0.29, 0.717) is 17.3 Å². The van der Waals surface area contributed by atoms with E-state index in [4.69, 9.17) is 4.74 Å². The minimum absolute atomic E-state index is 0.0891. The Morgan fingerprint density at radius 1 is 1.21 bits per heavy atom. The van der Waals surface area contributed by atoms with E-state index in [1.807, 2.05) is 32.0 Å². The molecule has 0 bridgehead atoms. The Hall–Kier alpha value is -2.57. The highest BCUT2D eigenvalue weighted by Crippen LogP contribution is 2.26. The molecule has 2 heterocycles. The topological polar surface area (TPSA) is 80.3 Å². The molecule has 0 saturated carbocycles. The van der Waals surface area contributed by atoms with Crippen molar-refractivity contribution in [2.24, 2.45) is 11.8 Å². The van der Waals surface area contributed by atoms with E-state index in [0.717, 1.165) is 37.3 Å². The third kappa shape index (κ3) is 5.49. The van der Waals surface area contributed by atoms with Crippen molar-refractivity contribution in [2.45, 2.75) is 27.2 Å². The number of aromatic nitrogens is 1. The molecule has 1 aliphatic heterocycles. The van der Waals surface area contributed by atoms with Gasteiger partial charge in [-0.25, -0.2) is 0 Å². The summed E-state index contributed by atoms with van der Waals surface area (Å²) < 4.78 is 5.14. The Kier molecular flexibility index (Phi) is 7.12. The van der Waals surface area contributed by atoms with E-state index < -0.39 is 0 Å². The van der Waals surface area contributed by atoms with Crippen LogP contribution in [0.25, 0.3) is 11.1 Å². The lowest BCUT2D eigenvalue weighted by molar-refractivity contribution is -0.115. The molecule has 154 valence electrons. The van der Waals surface area contributed by atoms with Crippen molar-refractivity contribution >= 4 is 17.4 Å². The Balaban J connectivity index is 1.80. The maximum atomic E-state index is 12.6. The Labute approximate surface area is 172 Å². The first-order valence-electron chi connectivity index (χ1n) is 10.2. The average molecular weight is 396 g/mol. The second-order valence-electron chi connectivity index (χ2n) is 7.78. The number of ketones is 1. The summed E-state index contributed by atoms with van der Waals surface area (Å²) in [6, 6.07) is 10.0. The monoisotopic (exact) mass is 395 g/mol. The largest absolute Gasteiger partial charge is 0.381 e. The number of pyridine rings is 1. The quantitative estimate of drug-likeness (QED) is 0.637. The zero-order valence-corrected chi connectivity index (χ0v) is 17.3. The lowest BCUT2D eigenvalue weighted by atomic mass is 10.00. The number of hydrogen-bond donors (Lipinski definition) is 2. The minimum Gasteiger partial charge on any atom is -0.381 e. The number of rotatable bonds is 9. The van der Waals surface area contributed by atoms with Crippen molar-refractivity contribution in [3.8, 4) is 11.1 Å². The van der Waals surface area contributed by atoms with Gasteiger partial charge in [0.25, 0.3) is 0 Å². The lowest BCUT2D eigenvalue weighted by Gasteiger charge is -2.25. The molecule has 29 heavy (non-hydrogen) atoms. The molecule has 0 atom stereocenters. The number of Topliss-reactive ketones (excluding diaryl/α,β-unsaturated/α-hetero) is 1. The molecule has 1 amide bonds. The average Bonchev–Trinajstić information content (AvgIpc) is 2.69. The van der Waals surface area contributed by atoms with E-state index in [1.165, 1.54) is 5.56 Å². The predicted molar refractivity (Wildman–Crippen MR) is 114 cm³/mol. The molecule has 6 nitrogen and oxygen atoms in total. The lowest BCUT2D eigenvalue weighted by Crippen LogP contribution is -2.39. The molecule has 1 aromatic heterocycles. The first kappa shape index (κ1) is 21.1. The van der Waals surface area contributed by atoms with Crippen LogP contribution in [-0.4, -0.2) is 43.0 Å². The molecule has 2 N–H and O–H groups in total. The fourth-order valence-corrected chi connectivity index (χ4v) is 3.15. The second kappa shape index (κ2) is 9.76. The van der Waals surface area contributed by atoms with Gasteiger partial charge in [-0.05, 0) is 23.6 Å². The van der Waals surface area contributed by atoms with Crippen LogP contribution < -0.4 is 10.6 Å². The van der Waals surface area contributed by atoms with E-state index in [2.05, 4.69) is 34.7 Å². The van der Waals surface area contributed by atoms with Crippen molar-refractivity contribution < 1.29 is 14.3 Å². The maximum Gasteiger partial charge on any atom is 0.238 e. The fraction of sp³-hybridized carbons (Fsp3) is 0.435. The smallest absolute Gasteiger partial charge is 0.238 e. The molecule has 0 spiro atoms. The van der Waals surface area contributed by atoms with Crippen molar-refractivity contribution in [3.05, 3.63) is 47.8 Å². The number of hydrogen-bond acceptors (Lipinski definition) is 5. The zero-order chi connectivity index (χ0) is 20.8. The maximum absolute atomic E-state index is 12.6. The fourth-order valence-electron chi connectivity index (χ4n) is 3.15. The van der Waals surface area contributed by atoms with Crippen LogP contribution in [0.1, 0.15) is 36.8 Å². The number of carbonyl (C=O) groups is 2. The molecule has 1 saturated heterocycles. The van der Waals surface area contributed by atoms with Gasteiger partial charge in [-0.2, -0.15) is 0 Å². The highest BCUT2D eigenvalue weighted by molar-refractivity contribution is 6.05. The normalized spacial score (nSPS) is 13.9. The Bertz CT molecular complexity index is 875. The van der Waals surface area contributed by atoms with E-state index in [1.54, 1.807) is 6.20 Å². The zero-order valence-electron chi connectivity index (χ0n) is 17.3. The number of anilines is 1. The summed E-state index contributed by atoms with van der Waals surface area (Å²) in [7, 11) is 0.